The van der Waals surface area contributed by atoms with E-state index in [1.54, 1.807) is 11.1 Å². The van der Waals surface area contributed by atoms with E-state index in [0.717, 1.165) is 17.7 Å². The van der Waals surface area contributed by atoms with Gasteiger partial charge in [-0.05, 0) is 24.1 Å². The Balaban J connectivity index is 1.98. The van der Waals surface area contributed by atoms with Gasteiger partial charge in [0.05, 0.1) is 11.8 Å². The summed E-state index contributed by atoms with van der Waals surface area (Å²) in [6.45, 7) is 0.697. The smallest absolute Gasteiger partial charge is 0.261 e. The fraction of sp³-hybridized carbons (Fsp3) is 0.167. The fourth-order valence-corrected chi connectivity index (χ4v) is 2.13. The highest BCUT2D eigenvalue weighted by Gasteiger charge is 2.25. The van der Waals surface area contributed by atoms with Crippen molar-refractivity contribution in [2.45, 2.75) is 6.42 Å². The second-order valence-electron chi connectivity index (χ2n) is 4.08. The first-order valence-electron chi connectivity index (χ1n) is 5.45. The maximum atomic E-state index is 12.2. The second-order valence-corrected chi connectivity index (χ2v) is 4.08. The van der Waals surface area contributed by atoms with Crippen LogP contribution in [0, 0.1) is 0 Å². The average Bonchev–Trinajstić information content (AvgIpc) is 2.97. The molecule has 0 unspecified atom stereocenters. The highest BCUT2D eigenvalue weighted by molar-refractivity contribution is 6.07. The van der Waals surface area contributed by atoms with Crippen LogP contribution in [0.3, 0.4) is 0 Å². The van der Waals surface area contributed by atoms with Gasteiger partial charge in [0.25, 0.3) is 5.91 Å². The summed E-state index contributed by atoms with van der Waals surface area (Å²) in [6.07, 6.45) is 4.01. The van der Waals surface area contributed by atoms with Crippen LogP contribution in [0.15, 0.2) is 30.6 Å². The predicted molar refractivity (Wildman–Crippen MR) is 64.8 cm³/mol. The molecule has 1 aliphatic rings. The molecule has 0 aliphatic carbocycles. The number of benzene rings is 1. The van der Waals surface area contributed by atoms with E-state index in [0.29, 0.717) is 17.8 Å². The van der Waals surface area contributed by atoms with Gasteiger partial charge in [0.1, 0.15) is 0 Å². The van der Waals surface area contributed by atoms with E-state index in [2.05, 4.69) is 10.2 Å². The molecule has 1 aliphatic heterocycles. The maximum absolute atomic E-state index is 12.2. The summed E-state index contributed by atoms with van der Waals surface area (Å²) in [6, 6.07) is 5.69. The SMILES string of the molecule is Nc1ccc2c(c1)N(C(=O)c1cn[nH]c1)CC2. The van der Waals surface area contributed by atoms with Crippen molar-refractivity contribution in [1.29, 1.82) is 0 Å². The lowest BCUT2D eigenvalue weighted by atomic mass is 10.1. The number of anilines is 2. The van der Waals surface area contributed by atoms with Gasteiger partial charge in [0, 0.05) is 24.1 Å². The molecule has 86 valence electrons. The zero-order valence-corrected chi connectivity index (χ0v) is 9.18. The Hall–Kier alpha value is -2.30. The largest absolute Gasteiger partial charge is 0.399 e. The van der Waals surface area contributed by atoms with Gasteiger partial charge in [-0.1, -0.05) is 6.07 Å². The molecule has 17 heavy (non-hydrogen) atoms. The Kier molecular flexibility index (Phi) is 2.11. The van der Waals surface area contributed by atoms with Gasteiger partial charge in [0.15, 0.2) is 0 Å². The number of hydrogen-bond acceptors (Lipinski definition) is 3. The zero-order chi connectivity index (χ0) is 11.8. The molecule has 2 heterocycles. The summed E-state index contributed by atoms with van der Waals surface area (Å²) in [7, 11) is 0. The maximum Gasteiger partial charge on any atom is 0.261 e. The fourth-order valence-electron chi connectivity index (χ4n) is 2.13. The first-order valence-corrected chi connectivity index (χ1v) is 5.45. The summed E-state index contributed by atoms with van der Waals surface area (Å²) >= 11 is 0. The minimum atomic E-state index is -0.0388. The number of aromatic amines is 1. The molecule has 5 heteroatoms. The Morgan fingerprint density at radius 2 is 2.35 bits per heavy atom. The lowest BCUT2D eigenvalue weighted by molar-refractivity contribution is 0.0989. The van der Waals surface area contributed by atoms with Crippen LogP contribution < -0.4 is 10.6 Å². The molecule has 0 radical (unpaired) electrons. The Morgan fingerprint density at radius 1 is 1.47 bits per heavy atom. The van der Waals surface area contributed by atoms with Crippen LogP contribution in [0.5, 0.6) is 0 Å². The number of H-pyrrole nitrogens is 1. The topological polar surface area (TPSA) is 75.0 Å². The number of nitrogens with one attached hydrogen (secondary N) is 1. The monoisotopic (exact) mass is 228 g/mol. The molecule has 0 atom stereocenters. The van der Waals surface area contributed by atoms with E-state index in [4.69, 9.17) is 5.73 Å². The second kappa shape index (κ2) is 3.62. The summed E-state index contributed by atoms with van der Waals surface area (Å²) in [5.41, 5.74) is 9.08. The number of aromatic nitrogens is 2. The minimum Gasteiger partial charge on any atom is -0.399 e. The van der Waals surface area contributed by atoms with Gasteiger partial charge in [0.2, 0.25) is 0 Å². The molecule has 1 amide bonds. The van der Waals surface area contributed by atoms with Crippen LogP contribution in [-0.4, -0.2) is 22.6 Å². The van der Waals surface area contributed by atoms with Crippen molar-refractivity contribution >= 4 is 17.3 Å². The van der Waals surface area contributed by atoms with E-state index < -0.39 is 0 Å². The van der Waals surface area contributed by atoms with Gasteiger partial charge < -0.3 is 10.6 Å². The first-order chi connectivity index (χ1) is 8.25. The van der Waals surface area contributed by atoms with Crippen LogP contribution in [0.1, 0.15) is 15.9 Å². The van der Waals surface area contributed by atoms with Crippen molar-refractivity contribution in [3.8, 4) is 0 Å². The van der Waals surface area contributed by atoms with Gasteiger partial charge in [-0.3, -0.25) is 9.89 Å². The highest BCUT2D eigenvalue weighted by Crippen LogP contribution is 2.30. The molecule has 0 saturated carbocycles. The number of carbonyl (C=O) groups is 1. The van der Waals surface area contributed by atoms with E-state index >= 15 is 0 Å². The number of nitrogen functional groups attached to an aromatic ring is 1. The average molecular weight is 228 g/mol. The molecule has 1 aromatic carbocycles. The van der Waals surface area contributed by atoms with Gasteiger partial charge >= 0.3 is 0 Å². The first kappa shape index (κ1) is 9.89. The van der Waals surface area contributed by atoms with Crippen molar-refractivity contribution < 1.29 is 4.79 Å². The van der Waals surface area contributed by atoms with Gasteiger partial charge in [-0.25, -0.2) is 0 Å². The van der Waals surface area contributed by atoms with E-state index in [-0.39, 0.29) is 5.91 Å². The van der Waals surface area contributed by atoms with Crippen LogP contribution in [0.4, 0.5) is 11.4 Å². The van der Waals surface area contributed by atoms with Crippen molar-refractivity contribution in [3.05, 3.63) is 41.7 Å². The molecule has 1 aromatic heterocycles. The van der Waals surface area contributed by atoms with Crippen molar-refractivity contribution in [3.63, 3.8) is 0 Å². The molecule has 3 rings (SSSR count). The molecular weight excluding hydrogens is 216 g/mol. The quantitative estimate of drug-likeness (QED) is 0.720. The number of amides is 1. The van der Waals surface area contributed by atoms with Gasteiger partial charge in [-0.15, -0.1) is 0 Å². The third kappa shape index (κ3) is 1.56. The summed E-state index contributed by atoms with van der Waals surface area (Å²) in [5, 5.41) is 6.44. The minimum absolute atomic E-state index is 0.0388. The van der Waals surface area contributed by atoms with E-state index in [1.165, 1.54) is 6.20 Å². The van der Waals surface area contributed by atoms with Crippen molar-refractivity contribution in [2.75, 3.05) is 17.2 Å². The van der Waals surface area contributed by atoms with Gasteiger partial charge in [-0.2, -0.15) is 5.10 Å². The number of hydrogen-bond donors (Lipinski definition) is 2. The number of carbonyl (C=O) groups excluding carboxylic acids is 1. The predicted octanol–water partition coefficient (Wildman–Crippen LogP) is 1.19. The number of fused-ring (bicyclic) bond motifs is 1. The van der Waals surface area contributed by atoms with Crippen LogP contribution in [-0.2, 0) is 6.42 Å². The van der Waals surface area contributed by atoms with Crippen LogP contribution >= 0.6 is 0 Å². The highest BCUT2D eigenvalue weighted by atomic mass is 16.2. The Bertz CT molecular complexity index is 562. The lowest BCUT2D eigenvalue weighted by Gasteiger charge is -2.16. The number of rotatable bonds is 1. The third-order valence-electron chi connectivity index (χ3n) is 3.00. The Morgan fingerprint density at radius 3 is 3.12 bits per heavy atom. The Labute approximate surface area is 98.2 Å². The van der Waals surface area contributed by atoms with Crippen LogP contribution in [0.2, 0.25) is 0 Å². The molecular formula is C12H12N4O. The standard InChI is InChI=1S/C12H12N4O/c13-10-2-1-8-3-4-16(11(8)5-10)12(17)9-6-14-15-7-9/h1-2,5-7H,3-4,13H2,(H,14,15). The number of nitrogens with zero attached hydrogens (tertiary/aromatic N) is 2. The van der Waals surface area contributed by atoms with E-state index in [9.17, 15) is 4.79 Å². The lowest BCUT2D eigenvalue weighted by Crippen LogP contribution is -2.28. The summed E-state index contributed by atoms with van der Waals surface area (Å²) in [4.78, 5) is 14.0. The van der Waals surface area contributed by atoms with E-state index in [1.807, 2.05) is 18.2 Å². The molecule has 0 bridgehead atoms. The van der Waals surface area contributed by atoms with Crippen LogP contribution in [0.25, 0.3) is 0 Å². The number of nitrogens with two attached hydrogens (primary N) is 1. The molecule has 0 fully saturated rings. The normalized spacial score (nSPS) is 13.8. The molecule has 0 spiro atoms. The molecule has 3 N–H and O–H groups in total. The summed E-state index contributed by atoms with van der Waals surface area (Å²) in [5.74, 6) is -0.0388. The molecule has 0 saturated heterocycles. The van der Waals surface area contributed by atoms with Crippen molar-refractivity contribution in [1.82, 2.24) is 10.2 Å². The zero-order valence-electron chi connectivity index (χ0n) is 9.18. The third-order valence-corrected chi connectivity index (χ3v) is 3.00. The summed E-state index contributed by atoms with van der Waals surface area (Å²) < 4.78 is 0. The molecule has 2 aromatic rings. The molecule has 5 nitrogen and oxygen atoms in total. The van der Waals surface area contributed by atoms with Crippen molar-refractivity contribution in [2.24, 2.45) is 0 Å².